The number of carbonyl (C=O) groups excluding carboxylic acids is 1. The SMILES string of the molecule is CC(=O)c1ccc(N(c2ccc(C)cc2)c2ccc(C)cc2)cc1. The van der Waals surface area contributed by atoms with E-state index >= 15 is 0 Å². The van der Waals surface area contributed by atoms with Crippen molar-refractivity contribution in [3.05, 3.63) is 89.5 Å². The van der Waals surface area contributed by atoms with Gasteiger partial charge >= 0.3 is 0 Å². The van der Waals surface area contributed by atoms with E-state index in [4.69, 9.17) is 0 Å². The van der Waals surface area contributed by atoms with Gasteiger partial charge in [0.1, 0.15) is 0 Å². The van der Waals surface area contributed by atoms with Crippen LogP contribution in [0.25, 0.3) is 0 Å². The van der Waals surface area contributed by atoms with Gasteiger partial charge in [0.15, 0.2) is 5.78 Å². The zero-order chi connectivity index (χ0) is 17.1. The van der Waals surface area contributed by atoms with Gasteiger partial charge in [-0.15, -0.1) is 0 Å². The highest BCUT2D eigenvalue weighted by Crippen LogP contribution is 2.34. The molecule has 0 spiro atoms. The largest absolute Gasteiger partial charge is 0.311 e. The van der Waals surface area contributed by atoms with Crippen LogP contribution in [0.15, 0.2) is 72.8 Å². The molecule has 24 heavy (non-hydrogen) atoms. The molecule has 0 radical (unpaired) electrons. The summed E-state index contributed by atoms with van der Waals surface area (Å²) in [5.41, 5.74) is 6.42. The average molecular weight is 315 g/mol. The van der Waals surface area contributed by atoms with Gasteiger partial charge in [0.2, 0.25) is 0 Å². The quantitative estimate of drug-likeness (QED) is 0.552. The Labute approximate surface area is 143 Å². The second kappa shape index (κ2) is 6.71. The standard InChI is InChI=1S/C22H21NO/c1-16-4-10-20(11-5-16)23(21-12-6-17(2)7-13-21)22-14-8-19(9-15-22)18(3)24/h4-15H,1-3H3. The van der Waals surface area contributed by atoms with Crippen molar-refractivity contribution in [2.24, 2.45) is 0 Å². The molecule has 0 atom stereocenters. The molecule has 2 heteroatoms. The maximum atomic E-state index is 11.5. The lowest BCUT2D eigenvalue weighted by molar-refractivity contribution is 0.101. The van der Waals surface area contributed by atoms with Crippen molar-refractivity contribution in [2.45, 2.75) is 20.8 Å². The Balaban J connectivity index is 2.08. The first-order valence-electron chi connectivity index (χ1n) is 8.09. The van der Waals surface area contributed by atoms with Crippen LogP contribution in [0.2, 0.25) is 0 Å². The van der Waals surface area contributed by atoms with Crippen LogP contribution < -0.4 is 4.90 Å². The number of carbonyl (C=O) groups is 1. The fourth-order valence-electron chi connectivity index (χ4n) is 2.68. The number of nitrogens with zero attached hydrogens (tertiary/aromatic N) is 1. The van der Waals surface area contributed by atoms with Gasteiger partial charge in [-0.25, -0.2) is 0 Å². The Hall–Kier alpha value is -2.87. The highest BCUT2D eigenvalue weighted by Gasteiger charge is 2.12. The Kier molecular flexibility index (Phi) is 4.48. The van der Waals surface area contributed by atoms with E-state index in [1.807, 2.05) is 24.3 Å². The fraction of sp³-hybridized carbons (Fsp3) is 0.136. The molecule has 0 N–H and O–H groups in total. The van der Waals surface area contributed by atoms with E-state index in [-0.39, 0.29) is 5.78 Å². The van der Waals surface area contributed by atoms with Gasteiger partial charge in [-0.1, -0.05) is 35.4 Å². The zero-order valence-corrected chi connectivity index (χ0v) is 14.3. The van der Waals surface area contributed by atoms with Crippen LogP contribution in [0.1, 0.15) is 28.4 Å². The van der Waals surface area contributed by atoms with Crippen LogP contribution in [-0.2, 0) is 0 Å². The van der Waals surface area contributed by atoms with Gasteiger partial charge in [-0.2, -0.15) is 0 Å². The van der Waals surface area contributed by atoms with Gasteiger partial charge in [0.25, 0.3) is 0 Å². The highest BCUT2D eigenvalue weighted by molar-refractivity contribution is 5.94. The summed E-state index contributed by atoms with van der Waals surface area (Å²) in [6.45, 7) is 5.76. The summed E-state index contributed by atoms with van der Waals surface area (Å²) in [5, 5.41) is 0. The van der Waals surface area contributed by atoms with E-state index < -0.39 is 0 Å². The Bertz CT molecular complexity index is 785. The molecule has 0 unspecified atom stereocenters. The van der Waals surface area contributed by atoms with Crippen LogP contribution in [0, 0.1) is 13.8 Å². The fourth-order valence-corrected chi connectivity index (χ4v) is 2.68. The molecule has 3 aromatic carbocycles. The first-order valence-corrected chi connectivity index (χ1v) is 8.09. The lowest BCUT2D eigenvalue weighted by Gasteiger charge is -2.25. The summed E-state index contributed by atoms with van der Waals surface area (Å²) in [4.78, 5) is 13.7. The number of anilines is 3. The molecule has 3 rings (SSSR count). The molecule has 0 aliphatic carbocycles. The highest BCUT2D eigenvalue weighted by atomic mass is 16.1. The number of aryl methyl sites for hydroxylation is 2. The molecule has 2 nitrogen and oxygen atoms in total. The predicted octanol–water partition coefficient (Wildman–Crippen LogP) is 5.98. The summed E-state index contributed by atoms with van der Waals surface area (Å²) in [6.07, 6.45) is 0. The number of hydrogen-bond donors (Lipinski definition) is 0. The lowest BCUT2D eigenvalue weighted by atomic mass is 10.1. The van der Waals surface area contributed by atoms with Crippen molar-refractivity contribution in [1.29, 1.82) is 0 Å². The summed E-state index contributed by atoms with van der Waals surface area (Å²) >= 11 is 0. The van der Waals surface area contributed by atoms with Crippen LogP contribution in [0.3, 0.4) is 0 Å². The smallest absolute Gasteiger partial charge is 0.159 e. The molecule has 0 saturated heterocycles. The molecule has 0 aliphatic heterocycles. The second-order valence-electron chi connectivity index (χ2n) is 6.11. The van der Waals surface area contributed by atoms with Gasteiger partial charge in [-0.3, -0.25) is 4.79 Å². The summed E-state index contributed by atoms with van der Waals surface area (Å²) < 4.78 is 0. The van der Waals surface area contributed by atoms with Crippen molar-refractivity contribution in [1.82, 2.24) is 0 Å². The third-order valence-corrected chi connectivity index (χ3v) is 4.12. The minimum Gasteiger partial charge on any atom is -0.311 e. The van der Waals surface area contributed by atoms with Crippen LogP contribution >= 0.6 is 0 Å². The molecule has 0 saturated carbocycles. The van der Waals surface area contributed by atoms with Gasteiger partial charge < -0.3 is 4.90 Å². The van der Waals surface area contributed by atoms with Crippen LogP contribution in [0.5, 0.6) is 0 Å². The summed E-state index contributed by atoms with van der Waals surface area (Å²) in [6, 6.07) is 24.7. The minimum absolute atomic E-state index is 0.0822. The van der Waals surface area contributed by atoms with Crippen LogP contribution in [0.4, 0.5) is 17.1 Å². The molecule has 0 aliphatic rings. The van der Waals surface area contributed by atoms with Gasteiger partial charge in [0.05, 0.1) is 0 Å². The Morgan fingerprint density at radius 2 is 0.958 bits per heavy atom. The number of Topliss-reactive ketones (excluding diaryl/α,β-unsaturated/α-hetero) is 1. The van der Waals surface area contributed by atoms with Crippen molar-refractivity contribution in [3.63, 3.8) is 0 Å². The molecule has 0 amide bonds. The average Bonchev–Trinajstić information content (AvgIpc) is 2.59. The zero-order valence-electron chi connectivity index (χ0n) is 14.3. The summed E-state index contributed by atoms with van der Waals surface area (Å²) in [7, 11) is 0. The third-order valence-electron chi connectivity index (χ3n) is 4.12. The van der Waals surface area contributed by atoms with Gasteiger partial charge in [0, 0.05) is 22.6 Å². The molecule has 120 valence electrons. The molecule has 3 aromatic rings. The monoisotopic (exact) mass is 315 g/mol. The summed E-state index contributed by atoms with van der Waals surface area (Å²) in [5.74, 6) is 0.0822. The predicted molar refractivity (Wildman–Crippen MR) is 101 cm³/mol. The van der Waals surface area contributed by atoms with E-state index in [1.165, 1.54) is 11.1 Å². The van der Waals surface area contributed by atoms with E-state index in [9.17, 15) is 4.79 Å². The van der Waals surface area contributed by atoms with Crippen molar-refractivity contribution in [2.75, 3.05) is 4.90 Å². The Morgan fingerprint density at radius 3 is 1.29 bits per heavy atom. The number of hydrogen-bond acceptors (Lipinski definition) is 2. The second-order valence-corrected chi connectivity index (χ2v) is 6.11. The molecule has 0 heterocycles. The lowest BCUT2D eigenvalue weighted by Crippen LogP contribution is -2.10. The minimum atomic E-state index is 0.0822. The maximum absolute atomic E-state index is 11.5. The first-order chi connectivity index (χ1) is 11.5. The molecular weight excluding hydrogens is 294 g/mol. The van der Waals surface area contributed by atoms with Crippen molar-refractivity contribution in [3.8, 4) is 0 Å². The molecule has 0 bridgehead atoms. The molecular formula is C22H21NO. The maximum Gasteiger partial charge on any atom is 0.159 e. The first kappa shape index (κ1) is 16.0. The van der Waals surface area contributed by atoms with E-state index in [0.717, 1.165) is 22.6 Å². The topological polar surface area (TPSA) is 20.3 Å². The van der Waals surface area contributed by atoms with E-state index in [1.54, 1.807) is 6.92 Å². The normalized spacial score (nSPS) is 10.5. The van der Waals surface area contributed by atoms with Crippen LogP contribution in [-0.4, -0.2) is 5.78 Å². The third kappa shape index (κ3) is 3.38. The number of benzene rings is 3. The van der Waals surface area contributed by atoms with Crippen molar-refractivity contribution < 1.29 is 4.79 Å². The number of rotatable bonds is 4. The number of ketones is 1. The molecule has 0 aromatic heterocycles. The van der Waals surface area contributed by atoms with Crippen molar-refractivity contribution >= 4 is 22.8 Å². The van der Waals surface area contributed by atoms with Gasteiger partial charge in [-0.05, 0) is 69.3 Å². The van der Waals surface area contributed by atoms with E-state index in [0.29, 0.717) is 0 Å². The Morgan fingerprint density at radius 1 is 0.625 bits per heavy atom. The van der Waals surface area contributed by atoms with E-state index in [2.05, 4.69) is 67.3 Å². The molecule has 0 fully saturated rings.